The van der Waals surface area contributed by atoms with Crippen LogP contribution in [0.4, 0.5) is 0 Å². The van der Waals surface area contributed by atoms with Crippen molar-refractivity contribution in [3.63, 3.8) is 0 Å². The SMILES string of the molecule is Cc1n[nH]c(C)c1CNC(=O)C1CCCN(Cc2ccncc2)CCC(=O)NCC1. The molecule has 1 aliphatic heterocycles. The van der Waals surface area contributed by atoms with Crippen molar-refractivity contribution in [2.75, 3.05) is 19.6 Å². The van der Waals surface area contributed by atoms with E-state index >= 15 is 0 Å². The average molecular weight is 413 g/mol. The zero-order valence-corrected chi connectivity index (χ0v) is 17.9. The molecular weight excluding hydrogens is 380 g/mol. The number of carbonyl (C=O) groups is 2. The molecule has 1 aliphatic rings. The smallest absolute Gasteiger partial charge is 0.223 e. The van der Waals surface area contributed by atoms with E-state index in [1.165, 1.54) is 5.56 Å². The number of hydrogen-bond acceptors (Lipinski definition) is 5. The van der Waals surface area contributed by atoms with Crippen molar-refractivity contribution in [1.29, 1.82) is 0 Å². The summed E-state index contributed by atoms with van der Waals surface area (Å²) in [5.74, 6) is -0.0247. The van der Waals surface area contributed by atoms with Gasteiger partial charge in [-0.05, 0) is 57.4 Å². The van der Waals surface area contributed by atoms with Gasteiger partial charge in [0.15, 0.2) is 0 Å². The molecule has 1 fully saturated rings. The lowest BCUT2D eigenvalue weighted by Crippen LogP contribution is -2.34. The molecule has 8 nitrogen and oxygen atoms in total. The largest absolute Gasteiger partial charge is 0.356 e. The Hall–Kier alpha value is -2.74. The maximum atomic E-state index is 12.8. The Morgan fingerprint density at radius 1 is 1.23 bits per heavy atom. The first-order valence-electron chi connectivity index (χ1n) is 10.7. The Kier molecular flexibility index (Phi) is 7.96. The molecule has 3 rings (SSSR count). The Labute approximate surface area is 177 Å². The molecule has 0 saturated carbocycles. The third-order valence-corrected chi connectivity index (χ3v) is 5.74. The average Bonchev–Trinajstić information content (AvgIpc) is 3.04. The van der Waals surface area contributed by atoms with Gasteiger partial charge in [0.2, 0.25) is 11.8 Å². The van der Waals surface area contributed by atoms with Crippen LogP contribution in [0.3, 0.4) is 0 Å². The zero-order valence-electron chi connectivity index (χ0n) is 17.9. The molecule has 0 bridgehead atoms. The number of aromatic nitrogens is 3. The second-order valence-corrected chi connectivity index (χ2v) is 7.99. The summed E-state index contributed by atoms with van der Waals surface area (Å²) >= 11 is 0. The van der Waals surface area contributed by atoms with E-state index < -0.39 is 0 Å². The third kappa shape index (κ3) is 6.38. The number of pyridine rings is 1. The lowest BCUT2D eigenvalue weighted by molar-refractivity contribution is -0.126. The second-order valence-electron chi connectivity index (χ2n) is 7.99. The highest BCUT2D eigenvalue weighted by molar-refractivity contribution is 5.79. The van der Waals surface area contributed by atoms with Gasteiger partial charge in [-0.1, -0.05) is 0 Å². The first kappa shape index (κ1) is 22.0. The van der Waals surface area contributed by atoms with Crippen LogP contribution in [-0.4, -0.2) is 51.5 Å². The molecule has 2 aromatic rings. The molecule has 0 aromatic carbocycles. The fraction of sp³-hybridized carbons (Fsp3) is 0.545. The van der Waals surface area contributed by atoms with Crippen LogP contribution < -0.4 is 10.6 Å². The molecule has 8 heteroatoms. The van der Waals surface area contributed by atoms with E-state index in [9.17, 15) is 9.59 Å². The molecule has 3 N–H and O–H groups in total. The van der Waals surface area contributed by atoms with Crippen LogP contribution in [-0.2, 0) is 22.7 Å². The number of hydrogen-bond donors (Lipinski definition) is 3. The number of H-pyrrole nitrogens is 1. The molecule has 162 valence electrons. The van der Waals surface area contributed by atoms with Crippen molar-refractivity contribution in [2.45, 2.75) is 52.6 Å². The molecule has 1 saturated heterocycles. The van der Waals surface area contributed by atoms with Crippen molar-refractivity contribution in [2.24, 2.45) is 5.92 Å². The van der Waals surface area contributed by atoms with Crippen LogP contribution in [0.2, 0.25) is 0 Å². The van der Waals surface area contributed by atoms with Crippen molar-refractivity contribution in [3.8, 4) is 0 Å². The van der Waals surface area contributed by atoms with Crippen LogP contribution in [0.15, 0.2) is 24.5 Å². The monoisotopic (exact) mass is 412 g/mol. The summed E-state index contributed by atoms with van der Waals surface area (Å²) in [4.78, 5) is 31.4. The predicted octanol–water partition coefficient (Wildman–Crippen LogP) is 1.85. The predicted molar refractivity (Wildman–Crippen MR) is 114 cm³/mol. The fourth-order valence-corrected chi connectivity index (χ4v) is 3.87. The second kappa shape index (κ2) is 10.9. The molecule has 30 heavy (non-hydrogen) atoms. The topological polar surface area (TPSA) is 103 Å². The van der Waals surface area contributed by atoms with Crippen molar-refractivity contribution in [3.05, 3.63) is 47.0 Å². The highest BCUT2D eigenvalue weighted by Gasteiger charge is 2.21. The number of carbonyl (C=O) groups excluding carboxylic acids is 2. The van der Waals surface area contributed by atoms with Crippen molar-refractivity contribution >= 4 is 11.8 Å². The standard InChI is InChI=1S/C22H32N6O2/c1-16-20(17(2)27-26-16)14-25-22(30)19-4-3-12-28(13-8-21(29)24-11-7-19)15-18-5-9-23-10-6-18/h5-6,9-10,19H,3-4,7-8,11-15H2,1-2H3,(H,24,29)(H,25,30)(H,26,27). The van der Waals surface area contributed by atoms with Gasteiger partial charge in [-0.2, -0.15) is 5.10 Å². The minimum atomic E-state index is -0.112. The van der Waals surface area contributed by atoms with Crippen molar-refractivity contribution < 1.29 is 9.59 Å². The molecule has 2 aromatic heterocycles. The van der Waals surface area contributed by atoms with Crippen LogP contribution >= 0.6 is 0 Å². The van der Waals surface area contributed by atoms with E-state index in [4.69, 9.17) is 0 Å². The summed E-state index contributed by atoms with van der Waals surface area (Å²) < 4.78 is 0. The van der Waals surface area contributed by atoms with E-state index in [1.807, 2.05) is 26.0 Å². The van der Waals surface area contributed by atoms with Gasteiger partial charge < -0.3 is 10.6 Å². The summed E-state index contributed by atoms with van der Waals surface area (Å²) in [5.41, 5.74) is 4.11. The third-order valence-electron chi connectivity index (χ3n) is 5.74. The quantitative estimate of drug-likeness (QED) is 0.695. The lowest BCUT2D eigenvalue weighted by Gasteiger charge is -2.22. The molecule has 0 radical (unpaired) electrons. The molecule has 3 heterocycles. The summed E-state index contributed by atoms with van der Waals surface area (Å²) in [6.07, 6.45) is 6.43. The van der Waals surface area contributed by atoms with E-state index in [0.29, 0.717) is 32.5 Å². The van der Waals surface area contributed by atoms with Crippen LogP contribution in [0.1, 0.15) is 48.2 Å². The highest BCUT2D eigenvalue weighted by atomic mass is 16.2. The highest BCUT2D eigenvalue weighted by Crippen LogP contribution is 2.16. The number of rotatable bonds is 5. The van der Waals surface area contributed by atoms with E-state index in [2.05, 4.69) is 30.7 Å². The molecule has 0 spiro atoms. The van der Waals surface area contributed by atoms with Gasteiger partial charge in [0.1, 0.15) is 0 Å². The first-order valence-corrected chi connectivity index (χ1v) is 10.7. The fourth-order valence-electron chi connectivity index (χ4n) is 3.87. The molecule has 1 unspecified atom stereocenters. The molecular formula is C22H32N6O2. The Balaban J connectivity index is 1.58. The van der Waals surface area contributed by atoms with Gasteiger partial charge in [0, 0.05) is 62.2 Å². The van der Waals surface area contributed by atoms with Gasteiger partial charge >= 0.3 is 0 Å². The van der Waals surface area contributed by atoms with Gasteiger partial charge in [0.25, 0.3) is 0 Å². The maximum absolute atomic E-state index is 12.8. The minimum absolute atomic E-state index is 0.0421. The zero-order chi connectivity index (χ0) is 21.3. The van der Waals surface area contributed by atoms with E-state index in [1.54, 1.807) is 12.4 Å². The maximum Gasteiger partial charge on any atom is 0.223 e. The first-order chi connectivity index (χ1) is 14.5. The Morgan fingerprint density at radius 2 is 2.03 bits per heavy atom. The van der Waals surface area contributed by atoms with Crippen LogP contribution in [0.25, 0.3) is 0 Å². The normalized spacial score (nSPS) is 19.0. The summed E-state index contributed by atoms with van der Waals surface area (Å²) in [5, 5.41) is 13.2. The lowest BCUT2D eigenvalue weighted by atomic mass is 9.97. The van der Waals surface area contributed by atoms with E-state index in [-0.39, 0.29) is 17.7 Å². The number of aromatic amines is 1. The van der Waals surface area contributed by atoms with Crippen LogP contribution in [0.5, 0.6) is 0 Å². The summed E-state index contributed by atoms with van der Waals surface area (Å²) in [6.45, 7) is 7.26. The number of nitrogens with one attached hydrogen (secondary N) is 3. The number of nitrogens with zero attached hydrogens (tertiary/aromatic N) is 3. The van der Waals surface area contributed by atoms with Crippen molar-refractivity contribution in [1.82, 2.24) is 30.7 Å². The number of aryl methyl sites for hydroxylation is 2. The Bertz CT molecular complexity index is 816. The Morgan fingerprint density at radius 3 is 2.77 bits per heavy atom. The molecule has 1 atom stereocenters. The number of amides is 2. The van der Waals surface area contributed by atoms with Gasteiger partial charge in [-0.15, -0.1) is 0 Å². The summed E-state index contributed by atoms with van der Waals surface area (Å²) in [6, 6.07) is 4.00. The van der Waals surface area contributed by atoms with Gasteiger partial charge in [0.05, 0.1) is 5.69 Å². The van der Waals surface area contributed by atoms with Gasteiger partial charge in [-0.3, -0.25) is 24.6 Å². The molecule has 2 amide bonds. The van der Waals surface area contributed by atoms with Crippen LogP contribution in [0, 0.1) is 19.8 Å². The minimum Gasteiger partial charge on any atom is -0.356 e. The van der Waals surface area contributed by atoms with E-state index in [0.717, 1.165) is 42.9 Å². The van der Waals surface area contributed by atoms with Gasteiger partial charge in [-0.25, -0.2) is 0 Å². The summed E-state index contributed by atoms with van der Waals surface area (Å²) in [7, 11) is 0. The molecule has 0 aliphatic carbocycles.